The first-order valence-electron chi connectivity index (χ1n) is 10.4. The summed E-state index contributed by atoms with van der Waals surface area (Å²) in [5.41, 5.74) is 2.04. The molecule has 0 radical (unpaired) electrons. The zero-order valence-electron chi connectivity index (χ0n) is 18.3. The number of methoxy groups -OCH3 is 1. The third-order valence-electron chi connectivity index (χ3n) is 4.70. The van der Waals surface area contributed by atoms with Crippen molar-refractivity contribution in [3.8, 4) is 40.1 Å². The third-order valence-corrected chi connectivity index (χ3v) is 4.70. The number of carbonyl (C=O) groups is 1. The molecule has 0 unspecified atom stereocenters. The Hall–Kier alpha value is -4.33. The van der Waals surface area contributed by atoms with Crippen LogP contribution >= 0.6 is 0 Å². The van der Waals surface area contributed by atoms with Gasteiger partial charge in [0.25, 0.3) is 11.8 Å². The van der Waals surface area contributed by atoms with Gasteiger partial charge in [-0.3, -0.25) is 4.79 Å². The van der Waals surface area contributed by atoms with Gasteiger partial charge in [-0.25, -0.2) is 0 Å². The highest BCUT2D eigenvalue weighted by atomic mass is 16.5. The quantitative estimate of drug-likeness (QED) is 0.394. The van der Waals surface area contributed by atoms with Crippen molar-refractivity contribution in [2.75, 3.05) is 25.6 Å². The molecule has 0 aliphatic heterocycles. The number of para-hydroxylation sites is 1. The first kappa shape index (κ1) is 21.9. The summed E-state index contributed by atoms with van der Waals surface area (Å²) in [6.45, 7) is 2.32. The van der Waals surface area contributed by atoms with E-state index >= 15 is 0 Å². The van der Waals surface area contributed by atoms with Gasteiger partial charge in [0.1, 0.15) is 17.2 Å². The molecule has 0 saturated heterocycles. The lowest BCUT2D eigenvalue weighted by Crippen LogP contribution is -2.20. The van der Waals surface area contributed by atoms with Crippen LogP contribution in [0.3, 0.4) is 0 Å². The van der Waals surface area contributed by atoms with Gasteiger partial charge in [0, 0.05) is 11.3 Å². The van der Waals surface area contributed by atoms with Crippen LogP contribution in [0.5, 0.6) is 17.2 Å². The second-order valence-corrected chi connectivity index (χ2v) is 6.94. The zero-order valence-corrected chi connectivity index (χ0v) is 18.3. The summed E-state index contributed by atoms with van der Waals surface area (Å²) in [6.07, 6.45) is 0. The Labute approximate surface area is 191 Å². The molecular weight excluding hydrogens is 422 g/mol. The van der Waals surface area contributed by atoms with Crippen molar-refractivity contribution in [1.29, 1.82) is 0 Å². The van der Waals surface area contributed by atoms with E-state index in [1.807, 2.05) is 43.3 Å². The predicted octanol–water partition coefficient (Wildman–Crippen LogP) is 4.83. The zero-order chi connectivity index (χ0) is 23.0. The molecule has 1 amide bonds. The maximum atomic E-state index is 12.4. The van der Waals surface area contributed by atoms with Crippen LogP contribution in [0, 0.1) is 0 Å². The molecule has 168 valence electrons. The summed E-state index contributed by atoms with van der Waals surface area (Å²) in [4.78, 5) is 16.8. The third kappa shape index (κ3) is 5.48. The van der Waals surface area contributed by atoms with Crippen molar-refractivity contribution < 1.29 is 23.5 Å². The van der Waals surface area contributed by atoms with Crippen LogP contribution in [-0.2, 0) is 4.79 Å². The first-order valence-corrected chi connectivity index (χ1v) is 10.4. The van der Waals surface area contributed by atoms with Crippen molar-refractivity contribution >= 4 is 11.6 Å². The predicted molar refractivity (Wildman–Crippen MR) is 123 cm³/mol. The lowest BCUT2D eigenvalue weighted by atomic mass is 10.2. The van der Waals surface area contributed by atoms with Crippen LogP contribution in [-0.4, -0.2) is 36.4 Å². The second-order valence-electron chi connectivity index (χ2n) is 6.94. The smallest absolute Gasteiger partial charge is 0.262 e. The first-order chi connectivity index (χ1) is 16.2. The average molecular weight is 445 g/mol. The van der Waals surface area contributed by atoms with E-state index in [1.165, 1.54) is 0 Å². The van der Waals surface area contributed by atoms with Crippen molar-refractivity contribution in [3.63, 3.8) is 0 Å². The average Bonchev–Trinajstić information content (AvgIpc) is 3.34. The van der Waals surface area contributed by atoms with Gasteiger partial charge < -0.3 is 24.1 Å². The fourth-order valence-electron chi connectivity index (χ4n) is 3.10. The Morgan fingerprint density at radius 2 is 1.67 bits per heavy atom. The number of carbonyl (C=O) groups excluding carboxylic acids is 1. The number of hydrogen-bond acceptors (Lipinski definition) is 7. The van der Waals surface area contributed by atoms with E-state index in [1.54, 1.807) is 43.5 Å². The van der Waals surface area contributed by atoms with E-state index < -0.39 is 0 Å². The number of rotatable bonds is 9. The van der Waals surface area contributed by atoms with E-state index in [0.717, 1.165) is 17.1 Å². The van der Waals surface area contributed by atoms with Crippen LogP contribution in [0.25, 0.3) is 22.8 Å². The summed E-state index contributed by atoms with van der Waals surface area (Å²) in [6, 6.07) is 21.7. The van der Waals surface area contributed by atoms with E-state index in [9.17, 15) is 4.79 Å². The second kappa shape index (κ2) is 10.3. The van der Waals surface area contributed by atoms with Gasteiger partial charge >= 0.3 is 0 Å². The topological polar surface area (TPSA) is 95.7 Å². The molecule has 0 saturated carbocycles. The minimum Gasteiger partial charge on any atom is -0.497 e. The minimum absolute atomic E-state index is 0.177. The number of hydrogen-bond donors (Lipinski definition) is 1. The molecular formula is C25H23N3O5. The molecule has 1 heterocycles. The summed E-state index contributed by atoms with van der Waals surface area (Å²) in [5.74, 6) is 2.39. The van der Waals surface area contributed by atoms with Crippen molar-refractivity contribution in [1.82, 2.24) is 10.1 Å². The van der Waals surface area contributed by atoms with Gasteiger partial charge in [-0.2, -0.15) is 4.98 Å². The molecule has 0 fully saturated rings. The molecule has 4 aromatic rings. The van der Waals surface area contributed by atoms with E-state index in [0.29, 0.717) is 35.3 Å². The fourth-order valence-corrected chi connectivity index (χ4v) is 3.10. The highest BCUT2D eigenvalue weighted by molar-refractivity contribution is 5.92. The minimum atomic E-state index is -0.293. The molecule has 8 nitrogen and oxygen atoms in total. The number of aromatic nitrogens is 2. The van der Waals surface area contributed by atoms with Crippen LogP contribution in [0.1, 0.15) is 6.92 Å². The molecule has 3 aromatic carbocycles. The number of ether oxygens (including phenoxy) is 3. The van der Waals surface area contributed by atoms with E-state index in [2.05, 4.69) is 15.5 Å². The largest absolute Gasteiger partial charge is 0.497 e. The Kier molecular flexibility index (Phi) is 6.84. The number of benzene rings is 3. The van der Waals surface area contributed by atoms with E-state index in [-0.39, 0.29) is 12.5 Å². The summed E-state index contributed by atoms with van der Waals surface area (Å²) in [5, 5.41) is 6.85. The van der Waals surface area contributed by atoms with E-state index in [4.69, 9.17) is 18.7 Å². The lowest BCUT2D eigenvalue weighted by Gasteiger charge is -2.10. The highest BCUT2D eigenvalue weighted by Gasteiger charge is 2.16. The van der Waals surface area contributed by atoms with Gasteiger partial charge in [-0.15, -0.1) is 0 Å². The molecule has 4 rings (SSSR count). The molecule has 1 N–H and O–H groups in total. The van der Waals surface area contributed by atoms with Gasteiger partial charge in [0.2, 0.25) is 5.82 Å². The molecule has 8 heteroatoms. The molecule has 0 atom stereocenters. The summed E-state index contributed by atoms with van der Waals surface area (Å²) >= 11 is 0. The maximum absolute atomic E-state index is 12.4. The number of anilines is 1. The number of nitrogens with zero attached hydrogens (tertiary/aromatic N) is 2. The number of amides is 1. The van der Waals surface area contributed by atoms with Crippen LogP contribution in [0.4, 0.5) is 5.69 Å². The van der Waals surface area contributed by atoms with Crippen molar-refractivity contribution in [2.45, 2.75) is 6.92 Å². The standard InChI is InChI=1S/C25H23N3O5/c1-3-31-20-14-10-18(11-15-20)26-23(29)16-32-22-7-5-4-6-21(22)25-27-24(28-33-25)17-8-12-19(30-2)13-9-17/h4-15H,3,16H2,1-2H3,(H,26,29). The Morgan fingerprint density at radius 1 is 0.939 bits per heavy atom. The Balaban J connectivity index is 1.42. The van der Waals surface area contributed by atoms with Crippen LogP contribution in [0.15, 0.2) is 77.3 Å². The highest BCUT2D eigenvalue weighted by Crippen LogP contribution is 2.30. The SMILES string of the molecule is CCOc1ccc(NC(=O)COc2ccccc2-c2nc(-c3ccc(OC)cc3)no2)cc1. The van der Waals surface area contributed by atoms with Crippen molar-refractivity contribution in [3.05, 3.63) is 72.8 Å². The Morgan fingerprint density at radius 3 is 2.39 bits per heavy atom. The molecule has 1 aromatic heterocycles. The fraction of sp³-hybridized carbons (Fsp3) is 0.160. The molecule has 0 spiro atoms. The molecule has 0 aliphatic carbocycles. The summed E-state index contributed by atoms with van der Waals surface area (Å²) < 4.78 is 21.8. The summed E-state index contributed by atoms with van der Waals surface area (Å²) in [7, 11) is 1.61. The van der Waals surface area contributed by atoms with Gasteiger partial charge in [-0.05, 0) is 67.6 Å². The lowest BCUT2D eigenvalue weighted by molar-refractivity contribution is -0.118. The molecule has 0 bridgehead atoms. The number of nitrogens with one attached hydrogen (secondary N) is 1. The van der Waals surface area contributed by atoms with Crippen LogP contribution in [0.2, 0.25) is 0 Å². The van der Waals surface area contributed by atoms with Crippen LogP contribution < -0.4 is 19.5 Å². The monoisotopic (exact) mass is 445 g/mol. The Bertz CT molecular complexity index is 1200. The molecule has 0 aliphatic rings. The maximum Gasteiger partial charge on any atom is 0.262 e. The van der Waals surface area contributed by atoms with Gasteiger partial charge in [0.05, 0.1) is 19.3 Å². The van der Waals surface area contributed by atoms with Gasteiger partial charge in [-0.1, -0.05) is 17.3 Å². The molecule has 33 heavy (non-hydrogen) atoms. The normalized spacial score (nSPS) is 10.5. The van der Waals surface area contributed by atoms with Gasteiger partial charge in [0.15, 0.2) is 6.61 Å². The van der Waals surface area contributed by atoms with Crippen molar-refractivity contribution in [2.24, 2.45) is 0 Å².